The van der Waals surface area contributed by atoms with Gasteiger partial charge < -0.3 is 10.5 Å². The maximum atomic E-state index is 12.4. The van der Waals surface area contributed by atoms with Crippen LogP contribution in [0, 0.1) is 0 Å². The van der Waals surface area contributed by atoms with Crippen LogP contribution in [0.4, 0.5) is 0 Å². The molecule has 0 saturated heterocycles. The minimum Gasteiger partial charge on any atom is -0.493 e. The van der Waals surface area contributed by atoms with E-state index in [1.807, 2.05) is 32.0 Å². The number of ketones is 1. The monoisotopic (exact) mass is 261 g/mol. The molecule has 2 rings (SSSR count). The standard InChI is InChI=1S/C16H23NO2/c1-3-16(17,4-2)15(18)11-12-9-10-19-14-8-6-5-7-13(12)14/h5-8,12H,3-4,9-11,17H2,1-2H3. The Morgan fingerprint density at radius 3 is 2.74 bits per heavy atom. The molecule has 1 heterocycles. The zero-order valence-electron chi connectivity index (χ0n) is 11.8. The largest absolute Gasteiger partial charge is 0.493 e. The van der Waals surface area contributed by atoms with Gasteiger partial charge >= 0.3 is 0 Å². The number of Topliss-reactive ketones (excluding diaryl/α,β-unsaturated/α-hetero) is 1. The smallest absolute Gasteiger partial charge is 0.153 e. The number of fused-ring (bicyclic) bond motifs is 1. The van der Waals surface area contributed by atoms with E-state index in [0.29, 0.717) is 25.9 Å². The van der Waals surface area contributed by atoms with E-state index in [1.54, 1.807) is 0 Å². The third-order valence-electron chi connectivity index (χ3n) is 4.33. The number of ether oxygens (including phenoxy) is 1. The molecule has 104 valence electrons. The quantitative estimate of drug-likeness (QED) is 0.886. The second-order valence-electron chi connectivity index (χ2n) is 5.36. The summed E-state index contributed by atoms with van der Waals surface area (Å²) in [5.74, 6) is 1.35. The van der Waals surface area contributed by atoms with E-state index in [4.69, 9.17) is 10.5 Å². The van der Waals surface area contributed by atoms with Crippen LogP contribution in [0.1, 0.15) is 51.0 Å². The molecule has 1 aliphatic rings. The maximum Gasteiger partial charge on any atom is 0.153 e. The Balaban J connectivity index is 2.15. The van der Waals surface area contributed by atoms with Crippen molar-refractivity contribution in [2.45, 2.75) is 51.0 Å². The van der Waals surface area contributed by atoms with E-state index in [2.05, 4.69) is 6.07 Å². The average Bonchev–Trinajstić information content (AvgIpc) is 2.46. The zero-order chi connectivity index (χ0) is 13.9. The van der Waals surface area contributed by atoms with Gasteiger partial charge in [-0.15, -0.1) is 0 Å². The molecule has 0 amide bonds. The van der Waals surface area contributed by atoms with E-state index >= 15 is 0 Å². The van der Waals surface area contributed by atoms with Gasteiger partial charge in [-0.3, -0.25) is 4.79 Å². The molecule has 1 unspecified atom stereocenters. The van der Waals surface area contributed by atoms with Crippen molar-refractivity contribution in [3.8, 4) is 5.75 Å². The Labute approximate surface area is 115 Å². The van der Waals surface area contributed by atoms with Crippen molar-refractivity contribution < 1.29 is 9.53 Å². The lowest BCUT2D eigenvalue weighted by Crippen LogP contribution is -2.47. The lowest BCUT2D eigenvalue weighted by molar-refractivity contribution is -0.125. The second-order valence-corrected chi connectivity index (χ2v) is 5.36. The molecule has 1 aromatic rings. The fourth-order valence-electron chi connectivity index (χ4n) is 2.70. The van der Waals surface area contributed by atoms with Crippen molar-refractivity contribution in [3.05, 3.63) is 29.8 Å². The van der Waals surface area contributed by atoms with E-state index in [0.717, 1.165) is 17.7 Å². The lowest BCUT2D eigenvalue weighted by Gasteiger charge is -2.30. The molecule has 0 bridgehead atoms. The van der Waals surface area contributed by atoms with E-state index in [9.17, 15) is 4.79 Å². The third kappa shape index (κ3) is 2.81. The zero-order valence-corrected chi connectivity index (χ0v) is 11.8. The van der Waals surface area contributed by atoms with Gasteiger partial charge in [-0.2, -0.15) is 0 Å². The summed E-state index contributed by atoms with van der Waals surface area (Å²) in [6.07, 6.45) is 2.82. The first-order valence-electron chi connectivity index (χ1n) is 7.14. The number of carbonyl (C=O) groups is 1. The molecule has 3 nitrogen and oxygen atoms in total. The molecule has 1 aromatic carbocycles. The predicted octanol–water partition coefficient (Wildman–Crippen LogP) is 3.03. The van der Waals surface area contributed by atoms with Crippen molar-refractivity contribution in [2.24, 2.45) is 5.73 Å². The van der Waals surface area contributed by atoms with Crippen molar-refractivity contribution in [2.75, 3.05) is 6.61 Å². The van der Waals surface area contributed by atoms with E-state index in [1.165, 1.54) is 0 Å². The van der Waals surface area contributed by atoms with Gasteiger partial charge in [0.25, 0.3) is 0 Å². The number of rotatable bonds is 5. The van der Waals surface area contributed by atoms with Crippen molar-refractivity contribution in [1.29, 1.82) is 0 Å². The highest BCUT2D eigenvalue weighted by molar-refractivity contribution is 5.88. The minimum atomic E-state index is -0.659. The molecule has 0 saturated carbocycles. The average molecular weight is 261 g/mol. The third-order valence-corrected chi connectivity index (χ3v) is 4.33. The van der Waals surface area contributed by atoms with Gasteiger partial charge in [-0.05, 0) is 36.8 Å². The van der Waals surface area contributed by atoms with Gasteiger partial charge in [0.1, 0.15) is 5.75 Å². The number of hydrogen-bond acceptors (Lipinski definition) is 3. The first-order valence-corrected chi connectivity index (χ1v) is 7.14. The summed E-state index contributed by atoms with van der Waals surface area (Å²) in [4.78, 5) is 12.4. The van der Waals surface area contributed by atoms with Crippen LogP contribution in [0.3, 0.4) is 0 Å². The highest BCUT2D eigenvalue weighted by Crippen LogP contribution is 2.36. The van der Waals surface area contributed by atoms with Crippen molar-refractivity contribution in [1.82, 2.24) is 0 Å². The Hall–Kier alpha value is -1.35. The minimum absolute atomic E-state index is 0.180. The molecular weight excluding hydrogens is 238 g/mol. The summed E-state index contributed by atoms with van der Waals surface area (Å²) in [6.45, 7) is 4.66. The molecule has 19 heavy (non-hydrogen) atoms. The van der Waals surface area contributed by atoms with Crippen LogP contribution in [0.5, 0.6) is 5.75 Å². The maximum absolute atomic E-state index is 12.4. The van der Waals surface area contributed by atoms with Gasteiger partial charge in [0, 0.05) is 6.42 Å². The van der Waals surface area contributed by atoms with Gasteiger partial charge in [0.05, 0.1) is 12.1 Å². The number of hydrogen-bond donors (Lipinski definition) is 1. The topological polar surface area (TPSA) is 52.3 Å². The van der Waals surface area contributed by atoms with Crippen LogP contribution < -0.4 is 10.5 Å². The Morgan fingerprint density at radius 2 is 2.05 bits per heavy atom. The number of nitrogens with two attached hydrogens (primary N) is 1. The van der Waals surface area contributed by atoms with Crippen LogP contribution >= 0.6 is 0 Å². The first kappa shape index (κ1) is 14.1. The predicted molar refractivity (Wildman–Crippen MR) is 76.4 cm³/mol. The molecule has 0 fully saturated rings. The van der Waals surface area contributed by atoms with Crippen LogP contribution in [-0.2, 0) is 4.79 Å². The van der Waals surface area contributed by atoms with Crippen molar-refractivity contribution in [3.63, 3.8) is 0 Å². The number of carbonyl (C=O) groups excluding carboxylic acids is 1. The molecule has 0 radical (unpaired) electrons. The first-order chi connectivity index (χ1) is 9.10. The number of benzene rings is 1. The van der Waals surface area contributed by atoms with Crippen molar-refractivity contribution >= 4 is 5.78 Å². The summed E-state index contributed by atoms with van der Waals surface area (Å²) < 4.78 is 5.63. The second kappa shape index (κ2) is 5.74. The molecule has 1 aliphatic heterocycles. The molecule has 1 atom stereocenters. The van der Waals surface area contributed by atoms with Gasteiger partial charge in [-0.25, -0.2) is 0 Å². The number of para-hydroxylation sites is 1. The van der Waals surface area contributed by atoms with Crippen LogP contribution in [-0.4, -0.2) is 17.9 Å². The van der Waals surface area contributed by atoms with Gasteiger partial charge in [-0.1, -0.05) is 32.0 Å². The summed E-state index contributed by atoms with van der Waals surface area (Å²) in [6, 6.07) is 8.00. The lowest BCUT2D eigenvalue weighted by atomic mass is 9.80. The van der Waals surface area contributed by atoms with E-state index < -0.39 is 5.54 Å². The SMILES string of the molecule is CCC(N)(CC)C(=O)CC1CCOc2ccccc21. The summed E-state index contributed by atoms with van der Waals surface area (Å²) >= 11 is 0. The van der Waals surface area contributed by atoms with Gasteiger partial charge in [0.2, 0.25) is 0 Å². The molecule has 0 aromatic heterocycles. The fourth-order valence-corrected chi connectivity index (χ4v) is 2.70. The van der Waals surface area contributed by atoms with Gasteiger partial charge in [0.15, 0.2) is 5.78 Å². The Morgan fingerprint density at radius 1 is 1.37 bits per heavy atom. The molecule has 3 heteroatoms. The molecular formula is C16H23NO2. The summed E-state index contributed by atoms with van der Waals surface area (Å²) in [5, 5.41) is 0. The Bertz CT molecular complexity index is 452. The normalized spacial score (nSPS) is 18.6. The fraction of sp³-hybridized carbons (Fsp3) is 0.562. The van der Waals surface area contributed by atoms with E-state index in [-0.39, 0.29) is 11.7 Å². The Kier molecular flexibility index (Phi) is 4.25. The summed E-state index contributed by atoms with van der Waals surface area (Å²) in [7, 11) is 0. The van der Waals surface area contributed by atoms with Crippen LogP contribution in [0.15, 0.2) is 24.3 Å². The molecule has 2 N–H and O–H groups in total. The highest BCUT2D eigenvalue weighted by atomic mass is 16.5. The summed E-state index contributed by atoms with van der Waals surface area (Å²) in [5.41, 5.74) is 6.69. The molecule has 0 spiro atoms. The highest BCUT2D eigenvalue weighted by Gasteiger charge is 2.33. The molecule has 0 aliphatic carbocycles. The van der Waals surface area contributed by atoms with Crippen LogP contribution in [0.25, 0.3) is 0 Å². The van der Waals surface area contributed by atoms with Crippen LogP contribution in [0.2, 0.25) is 0 Å².